The lowest BCUT2D eigenvalue weighted by Gasteiger charge is -2.30. The highest BCUT2D eigenvalue weighted by atomic mass is 16.5. The standard InChI is InChI=1S/C16H22N2O3/c1-12-3-7-18(8-4-12)16(19)13-2-6-17-15(10-13)21-14-5-9-20-11-14/h2,6,10,12,14H,3-5,7-9,11H2,1H3. The van der Waals surface area contributed by atoms with E-state index < -0.39 is 0 Å². The Morgan fingerprint density at radius 1 is 1.38 bits per heavy atom. The molecule has 2 fully saturated rings. The zero-order chi connectivity index (χ0) is 14.7. The molecule has 5 heteroatoms. The summed E-state index contributed by atoms with van der Waals surface area (Å²) in [7, 11) is 0. The van der Waals surface area contributed by atoms with E-state index in [9.17, 15) is 4.79 Å². The third-order valence-electron chi connectivity index (χ3n) is 4.23. The lowest BCUT2D eigenvalue weighted by atomic mass is 9.99. The zero-order valence-corrected chi connectivity index (χ0v) is 12.5. The van der Waals surface area contributed by atoms with Gasteiger partial charge in [-0.15, -0.1) is 0 Å². The van der Waals surface area contributed by atoms with Gasteiger partial charge >= 0.3 is 0 Å². The molecule has 3 rings (SSSR count). The quantitative estimate of drug-likeness (QED) is 0.855. The molecule has 2 saturated heterocycles. The van der Waals surface area contributed by atoms with Gasteiger partial charge in [-0.1, -0.05) is 6.92 Å². The Morgan fingerprint density at radius 3 is 2.90 bits per heavy atom. The van der Waals surface area contributed by atoms with Crippen LogP contribution in [0.3, 0.4) is 0 Å². The summed E-state index contributed by atoms with van der Waals surface area (Å²) in [6, 6.07) is 3.51. The van der Waals surface area contributed by atoms with Gasteiger partial charge < -0.3 is 14.4 Å². The highest BCUT2D eigenvalue weighted by molar-refractivity contribution is 5.94. The monoisotopic (exact) mass is 290 g/mol. The van der Waals surface area contributed by atoms with Crippen molar-refractivity contribution >= 4 is 5.91 Å². The number of amides is 1. The van der Waals surface area contributed by atoms with E-state index in [1.807, 2.05) is 4.90 Å². The number of ether oxygens (including phenoxy) is 2. The molecule has 0 radical (unpaired) electrons. The Labute approximate surface area is 125 Å². The van der Waals surface area contributed by atoms with Crippen LogP contribution >= 0.6 is 0 Å². The van der Waals surface area contributed by atoms with Gasteiger partial charge in [0.25, 0.3) is 5.91 Å². The van der Waals surface area contributed by atoms with E-state index in [0.29, 0.717) is 24.0 Å². The summed E-state index contributed by atoms with van der Waals surface area (Å²) in [6.45, 7) is 5.26. The highest BCUT2D eigenvalue weighted by Crippen LogP contribution is 2.20. The molecule has 1 amide bonds. The molecular weight excluding hydrogens is 268 g/mol. The summed E-state index contributed by atoms with van der Waals surface area (Å²) < 4.78 is 11.0. The number of likely N-dealkylation sites (tertiary alicyclic amines) is 1. The summed E-state index contributed by atoms with van der Waals surface area (Å²) in [5.41, 5.74) is 0.661. The van der Waals surface area contributed by atoms with Crippen molar-refractivity contribution in [2.75, 3.05) is 26.3 Å². The first kappa shape index (κ1) is 14.3. The molecule has 0 spiro atoms. The molecule has 5 nitrogen and oxygen atoms in total. The van der Waals surface area contributed by atoms with Crippen molar-refractivity contribution in [1.82, 2.24) is 9.88 Å². The number of carbonyl (C=O) groups is 1. The average Bonchev–Trinajstić information content (AvgIpc) is 3.00. The molecule has 1 aromatic rings. The van der Waals surface area contributed by atoms with Crippen molar-refractivity contribution in [2.24, 2.45) is 5.92 Å². The Kier molecular flexibility index (Phi) is 4.39. The molecule has 21 heavy (non-hydrogen) atoms. The third kappa shape index (κ3) is 3.53. The molecule has 3 heterocycles. The summed E-state index contributed by atoms with van der Waals surface area (Å²) in [5.74, 6) is 1.31. The summed E-state index contributed by atoms with van der Waals surface area (Å²) in [4.78, 5) is 18.6. The van der Waals surface area contributed by atoms with Gasteiger partial charge in [0.2, 0.25) is 5.88 Å². The lowest BCUT2D eigenvalue weighted by Crippen LogP contribution is -2.37. The Balaban J connectivity index is 1.65. The molecule has 0 N–H and O–H groups in total. The Morgan fingerprint density at radius 2 is 2.19 bits per heavy atom. The SMILES string of the molecule is CC1CCN(C(=O)c2ccnc(OC3CCOC3)c2)CC1. The molecule has 0 aromatic carbocycles. The van der Waals surface area contributed by atoms with Crippen LogP contribution in [0, 0.1) is 5.92 Å². The molecule has 0 bridgehead atoms. The van der Waals surface area contributed by atoms with E-state index >= 15 is 0 Å². The average molecular weight is 290 g/mol. The van der Waals surface area contributed by atoms with Crippen molar-refractivity contribution in [2.45, 2.75) is 32.3 Å². The van der Waals surface area contributed by atoms with Gasteiger partial charge in [-0.3, -0.25) is 4.79 Å². The number of hydrogen-bond acceptors (Lipinski definition) is 4. The smallest absolute Gasteiger partial charge is 0.254 e. The number of carbonyl (C=O) groups excluding carboxylic acids is 1. The first-order valence-corrected chi connectivity index (χ1v) is 7.72. The molecule has 114 valence electrons. The fourth-order valence-electron chi connectivity index (χ4n) is 2.78. The van der Waals surface area contributed by atoms with Crippen molar-refractivity contribution in [3.05, 3.63) is 23.9 Å². The maximum absolute atomic E-state index is 12.5. The fourth-order valence-corrected chi connectivity index (χ4v) is 2.78. The van der Waals surface area contributed by atoms with Crippen molar-refractivity contribution in [1.29, 1.82) is 0 Å². The largest absolute Gasteiger partial charge is 0.472 e. The molecule has 1 unspecified atom stereocenters. The van der Waals surface area contributed by atoms with Crippen LogP contribution in [0.25, 0.3) is 0 Å². The Hall–Kier alpha value is -1.62. The number of pyridine rings is 1. The number of aromatic nitrogens is 1. The predicted molar refractivity (Wildman–Crippen MR) is 78.4 cm³/mol. The van der Waals surface area contributed by atoms with E-state index in [2.05, 4.69) is 11.9 Å². The minimum Gasteiger partial charge on any atom is -0.472 e. The van der Waals surface area contributed by atoms with Gasteiger partial charge in [-0.05, 0) is 24.8 Å². The van der Waals surface area contributed by atoms with E-state index in [4.69, 9.17) is 9.47 Å². The van der Waals surface area contributed by atoms with Crippen LogP contribution in [0.2, 0.25) is 0 Å². The number of rotatable bonds is 3. The van der Waals surface area contributed by atoms with E-state index in [-0.39, 0.29) is 12.0 Å². The molecule has 2 aliphatic heterocycles. The second-order valence-corrected chi connectivity index (χ2v) is 5.96. The van der Waals surface area contributed by atoms with E-state index in [1.54, 1.807) is 18.3 Å². The first-order valence-electron chi connectivity index (χ1n) is 7.72. The topological polar surface area (TPSA) is 51.7 Å². The van der Waals surface area contributed by atoms with Crippen LogP contribution in [-0.2, 0) is 4.74 Å². The van der Waals surface area contributed by atoms with Crippen LogP contribution in [0.5, 0.6) is 5.88 Å². The summed E-state index contributed by atoms with van der Waals surface area (Å²) in [5, 5.41) is 0. The fraction of sp³-hybridized carbons (Fsp3) is 0.625. The van der Waals surface area contributed by atoms with Crippen molar-refractivity contribution in [3.8, 4) is 5.88 Å². The van der Waals surface area contributed by atoms with Crippen LogP contribution in [0.1, 0.15) is 36.5 Å². The second kappa shape index (κ2) is 6.43. The number of nitrogens with zero attached hydrogens (tertiary/aromatic N) is 2. The number of hydrogen-bond donors (Lipinski definition) is 0. The molecule has 2 aliphatic rings. The maximum atomic E-state index is 12.5. The first-order chi connectivity index (χ1) is 10.2. The minimum atomic E-state index is 0.0543. The lowest BCUT2D eigenvalue weighted by molar-refractivity contribution is 0.0696. The van der Waals surface area contributed by atoms with Crippen molar-refractivity contribution in [3.63, 3.8) is 0 Å². The second-order valence-electron chi connectivity index (χ2n) is 5.96. The van der Waals surface area contributed by atoms with Gasteiger partial charge in [0.15, 0.2) is 0 Å². The van der Waals surface area contributed by atoms with Gasteiger partial charge in [-0.2, -0.15) is 0 Å². The highest BCUT2D eigenvalue weighted by Gasteiger charge is 2.23. The van der Waals surface area contributed by atoms with E-state index in [1.165, 1.54) is 0 Å². The maximum Gasteiger partial charge on any atom is 0.254 e. The zero-order valence-electron chi connectivity index (χ0n) is 12.5. The van der Waals surface area contributed by atoms with Gasteiger partial charge in [-0.25, -0.2) is 4.98 Å². The van der Waals surface area contributed by atoms with Gasteiger partial charge in [0.05, 0.1) is 13.2 Å². The molecule has 0 saturated carbocycles. The predicted octanol–water partition coefficient (Wildman–Crippen LogP) is 2.12. The van der Waals surface area contributed by atoms with Crippen molar-refractivity contribution < 1.29 is 14.3 Å². The minimum absolute atomic E-state index is 0.0543. The third-order valence-corrected chi connectivity index (χ3v) is 4.23. The molecule has 1 aromatic heterocycles. The van der Waals surface area contributed by atoms with Gasteiger partial charge in [0, 0.05) is 37.3 Å². The summed E-state index contributed by atoms with van der Waals surface area (Å²) >= 11 is 0. The normalized spacial score (nSPS) is 23.3. The molecular formula is C16H22N2O3. The summed E-state index contributed by atoms with van der Waals surface area (Å²) in [6.07, 6.45) is 4.74. The molecule has 0 aliphatic carbocycles. The Bertz CT molecular complexity index is 492. The van der Waals surface area contributed by atoms with Crippen LogP contribution < -0.4 is 4.74 Å². The van der Waals surface area contributed by atoms with Crippen LogP contribution in [0.15, 0.2) is 18.3 Å². The molecule has 1 atom stereocenters. The van der Waals surface area contributed by atoms with E-state index in [0.717, 1.165) is 39.0 Å². The number of piperidine rings is 1. The van der Waals surface area contributed by atoms with Crippen LogP contribution in [-0.4, -0.2) is 48.2 Å². The van der Waals surface area contributed by atoms with Crippen LogP contribution in [0.4, 0.5) is 0 Å². The van der Waals surface area contributed by atoms with Gasteiger partial charge in [0.1, 0.15) is 6.10 Å².